The highest BCUT2D eigenvalue weighted by Gasteiger charge is 2.17. The Kier molecular flexibility index (Phi) is 5.12. The van der Waals surface area contributed by atoms with Gasteiger partial charge in [0.1, 0.15) is 0 Å². The molecule has 5 nitrogen and oxygen atoms in total. The average molecular weight is 360 g/mol. The summed E-state index contributed by atoms with van der Waals surface area (Å²) in [6, 6.07) is 14.0. The van der Waals surface area contributed by atoms with Crippen LogP contribution in [0.15, 0.2) is 54.9 Å². The zero-order valence-corrected chi connectivity index (χ0v) is 15.6. The highest BCUT2D eigenvalue weighted by atomic mass is 16.2. The minimum atomic E-state index is -0.0242. The van der Waals surface area contributed by atoms with E-state index in [0.29, 0.717) is 18.0 Å². The van der Waals surface area contributed by atoms with Gasteiger partial charge in [-0.05, 0) is 55.6 Å². The first-order chi connectivity index (χ1) is 13.2. The van der Waals surface area contributed by atoms with E-state index >= 15 is 0 Å². The van der Waals surface area contributed by atoms with Gasteiger partial charge < -0.3 is 10.2 Å². The van der Waals surface area contributed by atoms with Crippen LogP contribution in [0, 0.1) is 5.92 Å². The Morgan fingerprint density at radius 2 is 2.11 bits per heavy atom. The summed E-state index contributed by atoms with van der Waals surface area (Å²) in [4.78, 5) is 23.5. The van der Waals surface area contributed by atoms with Crippen LogP contribution in [0.3, 0.4) is 0 Å². The lowest BCUT2D eigenvalue weighted by Crippen LogP contribution is -2.27. The lowest BCUT2D eigenvalue weighted by molar-refractivity contribution is 0.0783. The van der Waals surface area contributed by atoms with Crippen molar-refractivity contribution in [3.8, 4) is 0 Å². The summed E-state index contributed by atoms with van der Waals surface area (Å²) in [7, 11) is 1.81. The van der Waals surface area contributed by atoms with E-state index in [0.717, 1.165) is 41.7 Å². The minimum absolute atomic E-state index is 0.0242. The summed E-state index contributed by atoms with van der Waals surface area (Å²) >= 11 is 0. The van der Waals surface area contributed by atoms with Crippen LogP contribution in [0.5, 0.6) is 0 Å². The van der Waals surface area contributed by atoms with Crippen molar-refractivity contribution in [2.24, 2.45) is 5.92 Å². The predicted molar refractivity (Wildman–Crippen MR) is 106 cm³/mol. The number of amides is 1. The predicted octanol–water partition coefficient (Wildman–Crippen LogP) is 3.05. The van der Waals surface area contributed by atoms with Gasteiger partial charge in [0, 0.05) is 24.8 Å². The van der Waals surface area contributed by atoms with Crippen LogP contribution < -0.4 is 5.32 Å². The number of aromatic nitrogens is 2. The van der Waals surface area contributed by atoms with E-state index in [1.54, 1.807) is 11.1 Å². The number of benzene rings is 1. The van der Waals surface area contributed by atoms with E-state index in [9.17, 15) is 4.79 Å². The van der Waals surface area contributed by atoms with Gasteiger partial charge in [0.05, 0.1) is 23.3 Å². The largest absolute Gasteiger partial charge is 0.336 e. The Morgan fingerprint density at radius 3 is 2.96 bits per heavy atom. The molecule has 1 aliphatic rings. The number of para-hydroxylation sites is 1. The Labute approximate surface area is 159 Å². The van der Waals surface area contributed by atoms with Crippen LogP contribution in [0.1, 0.15) is 28.0 Å². The number of rotatable bonds is 5. The molecule has 0 radical (unpaired) electrons. The molecule has 4 rings (SSSR count). The maximum Gasteiger partial charge on any atom is 0.255 e. The fourth-order valence-electron chi connectivity index (χ4n) is 3.67. The summed E-state index contributed by atoms with van der Waals surface area (Å²) in [5.74, 6) is 0.612. The van der Waals surface area contributed by atoms with Gasteiger partial charge in [0.2, 0.25) is 0 Å². The van der Waals surface area contributed by atoms with Crippen molar-refractivity contribution in [1.29, 1.82) is 0 Å². The zero-order valence-electron chi connectivity index (χ0n) is 15.6. The Morgan fingerprint density at radius 1 is 1.22 bits per heavy atom. The van der Waals surface area contributed by atoms with Gasteiger partial charge >= 0.3 is 0 Å². The molecule has 2 aromatic heterocycles. The third-order valence-electron chi connectivity index (χ3n) is 5.13. The van der Waals surface area contributed by atoms with Crippen LogP contribution in [0.2, 0.25) is 0 Å². The lowest BCUT2D eigenvalue weighted by Gasteiger charge is -2.17. The molecule has 0 aliphatic carbocycles. The molecule has 1 saturated heterocycles. The van der Waals surface area contributed by atoms with Crippen molar-refractivity contribution >= 4 is 16.8 Å². The van der Waals surface area contributed by atoms with E-state index in [4.69, 9.17) is 0 Å². The van der Waals surface area contributed by atoms with Crippen molar-refractivity contribution in [3.05, 3.63) is 71.7 Å². The molecule has 1 aromatic carbocycles. The maximum absolute atomic E-state index is 12.8. The standard InChI is InChI=1S/C22H24N4O/c1-26(15-20-7-6-18-4-2-3-5-21(18)25-20)22(27)19-11-17(13-24-14-19)10-16-8-9-23-12-16/h2-7,11,13-14,16,23H,8-10,12,15H2,1H3. The molecule has 1 unspecified atom stereocenters. The SMILES string of the molecule is CN(Cc1ccc2ccccc2n1)C(=O)c1cncc(CC2CCNC2)c1. The Balaban J connectivity index is 1.46. The quantitative estimate of drug-likeness (QED) is 0.760. The fourth-order valence-corrected chi connectivity index (χ4v) is 3.67. The first kappa shape index (κ1) is 17.6. The summed E-state index contributed by atoms with van der Waals surface area (Å²) in [6.45, 7) is 2.60. The molecular formula is C22H24N4O. The topological polar surface area (TPSA) is 58.1 Å². The normalized spacial score (nSPS) is 16.6. The lowest BCUT2D eigenvalue weighted by atomic mass is 9.99. The number of nitrogens with one attached hydrogen (secondary N) is 1. The van der Waals surface area contributed by atoms with Gasteiger partial charge in [-0.15, -0.1) is 0 Å². The first-order valence-electron chi connectivity index (χ1n) is 9.44. The van der Waals surface area contributed by atoms with Crippen LogP contribution in [0.25, 0.3) is 10.9 Å². The first-order valence-corrected chi connectivity index (χ1v) is 9.44. The van der Waals surface area contributed by atoms with Crippen molar-refractivity contribution < 1.29 is 4.79 Å². The number of carbonyl (C=O) groups is 1. The molecule has 27 heavy (non-hydrogen) atoms. The van der Waals surface area contributed by atoms with E-state index < -0.39 is 0 Å². The minimum Gasteiger partial charge on any atom is -0.336 e. The monoisotopic (exact) mass is 360 g/mol. The maximum atomic E-state index is 12.8. The second kappa shape index (κ2) is 7.84. The highest BCUT2D eigenvalue weighted by molar-refractivity contribution is 5.93. The van der Waals surface area contributed by atoms with Crippen LogP contribution >= 0.6 is 0 Å². The Hall–Kier alpha value is -2.79. The fraction of sp³-hybridized carbons (Fsp3) is 0.318. The van der Waals surface area contributed by atoms with E-state index in [1.165, 1.54) is 6.42 Å². The molecule has 0 saturated carbocycles. The van der Waals surface area contributed by atoms with Crippen molar-refractivity contribution in [3.63, 3.8) is 0 Å². The summed E-state index contributed by atoms with van der Waals surface area (Å²) in [5.41, 5.74) is 3.60. The molecular weight excluding hydrogens is 336 g/mol. The van der Waals surface area contributed by atoms with Crippen LogP contribution in [0.4, 0.5) is 0 Å². The van der Waals surface area contributed by atoms with Gasteiger partial charge in [-0.1, -0.05) is 24.3 Å². The van der Waals surface area contributed by atoms with Crippen LogP contribution in [-0.4, -0.2) is 40.9 Å². The molecule has 138 valence electrons. The second-order valence-electron chi connectivity index (χ2n) is 7.30. The van der Waals surface area contributed by atoms with Crippen molar-refractivity contribution in [1.82, 2.24) is 20.2 Å². The molecule has 3 heterocycles. The third-order valence-corrected chi connectivity index (χ3v) is 5.13. The molecule has 1 amide bonds. The number of carbonyl (C=O) groups excluding carboxylic acids is 1. The molecule has 1 aliphatic heterocycles. The number of pyridine rings is 2. The smallest absolute Gasteiger partial charge is 0.255 e. The van der Waals surface area contributed by atoms with E-state index in [-0.39, 0.29) is 5.91 Å². The van der Waals surface area contributed by atoms with Gasteiger partial charge in [-0.2, -0.15) is 0 Å². The van der Waals surface area contributed by atoms with Crippen molar-refractivity contribution in [2.75, 3.05) is 20.1 Å². The van der Waals surface area contributed by atoms with Gasteiger partial charge in [0.25, 0.3) is 5.91 Å². The van der Waals surface area contributed by atoms with Crippen molar-refractivity contribution in [2.45, 2.75) is 19.4 Å². The molecule has 1 atom stereocenters. The number of hydrogen-bond acceptors (Lipinski definition) is 4. The van der Waals surface area contributed by atoms with Gasteiger partial charge in [0.15, 0.2) is 0 Å². The highest BCUT2D eigenvalue weighted by Crippen LogP contribution is 2.17. The molecule has 1 fully saturated rings. The number of fused-ring (bicyclic) bond motifs is 1. The van der Waals surface area contributed by atoms with Crippen LogP contribution in [-0.2, 0) is 13.0 Å². The second-order valence-corrected chi connectivity index (χ2v) is 7.30. The van der Waals surface area contributed by atoms with E-state index in [2.05, 4.69) is 15.3 Å². The average Bonchev–Trinajstić information content (AvgIpc) is 3.20. The third kappa shape index (κ3) is 4.14. The molecule has 0 spiro atoms. The summed E-state index contributed by atoms with van der Waals surface area (Å²) < 4.78 is 0. The molecule has 1 N–H and O–H groups in total. The zero-order chi connectivity index (χ0) is 18.6. The molecule has 0 bridgehead atoms. The molecule has 3 aromatic rings. The molecule has 5 heteroatoms. The van der Waals surface area contributed by atoms with Gasteiger partial charge in [-0.25, -0.2) is 0 Å². The van der Waals surface area contributed by atoms with Gasteiger partial charge in [-0.3, -0.25) is 14.8 Å². The number of hydrogen-bond donors (Lipinski definition) is 1. The Bertz CT molecular complexity index is 950. The summed E-state index contributed by atoms with van der Waals surface area (Å²) in [6.07, 6.45) is 5.69. The number of nitrogens with zero attached hydrogens (tertiary/aromatic N) is 3. The summed E-state index contributed by atoms with van der Waals surface area (Å²) in [5, 5.41) is 4.49. The van der Waals surface area contributed by atoms with E-state index in [1.807, 2.05) is 55.7 Å².